The molecule has 2 atom stereocenters. The Bertz CT molecular complexity index is 819. The van der Waals surface area contributed by atoms with E-state index in [9.17, 15) is 14.9 Å². The number of carbonyl (C=O) groups is 2. The third kappa shape index (κ3) is 8.78. The largest absolute Gasteiger partial charge is 0.450 e. The molecule has 2 aromatic rings. The Morgan fingerprint density at radius 1 is 1.00 bits per heavy atom. The molecule has 0 aliphatic heterocycles. The van der Waals surface area contributed by atoms with E-state index in [1.165, 1.54) is 0 Å². The van der Waals surface area contributed by atoms with Crippen molar-refractivity contribution in [3.8, 4) is 6.07 Å². The number of hydrogen-bond acceptors (Lipinski definition) is 4. The Labute approximate surface area is 178 Å². The molecule has 0 saturated carbocycles. The fraction of sp³-hybridized carbons (Fsp3) is 0.375. The van der Waals surface area contributed by atoms with Crippen LogP contribution in [0, 0.1) is 17.2 Å². The minimum Gasteiger partial charge on any atom is -0.450 e. The zero-order valence-electron chi connectivity index (χ0n) is 17.3. The van der Waals surface area contributed by atoms with Crippen molar-refractivity contribution in [2.45, 2.75) is 38.6 Å². The number of benzene rings is 2. The van der Waals surface area contributed by atoms with Crippen LogP contribution in [0.4, 0.5) is 4.79 Å². The first kappa shape index (κ1) is 23.0. The van der Waals surface area contributed by atoms with Gasteiger partial charge in [0.05, 0.1) is 18.6 Å². The van der Waals surface area contributed by atoms with Crippen LogP contribution in [0.1, 0.15) is 43.2 Å². The zero-order valence-corrected chi connectivity index (χ0v) is 17.3. The summed E-state index contributed by atoms with van der Waals surface area (Å²) in [6, 6.07) is 21.5. The van der Waals surface area contributed by atoms with Crippen molar-refractivity contribution < 1.29 is 14.3 Å². The molecule has 2 amide bonds. The molecule has 6 nitrogen and oxygen atoms in total. The molecule has 0 aromatic heterocycles. The predicted octanol–water partition coefficient (Wildman–Crippen LogP) is 4.14. The van der Waals surface area contributed by atoms with Gasteiger partial charge in [0, 0.05) is 19.5 Å². The molecule has 6 heteroatoms. The van der Waals surface area contributed by atoms with Gasteiger partial charge in [0.1, 0.15) is 0 Å². The maximum absolute atomic E-state index is 12.1. The van der Waals surface area contributed by atoms with E-state index in [0.29, 0.717) is 32.4 Å². The summed E-state index contributed by atoms with van der Waals surface area (Å²) >= 11 is 0. The summed E-state index contributed by atoms with van der Waals surface area (Å²) in [5, 5.41) is 14.9. The number of alkyl carbamates (subject to hydrolysis) is 1. The summed E-state index contributed by atoms with van der Waals surface area (Å²) in [6.07, 6.45) is 1.08. The highest BCUT2D eigenvalue weighted by atomic mass is 16.5. The van der Waals surface area contributed by atoms with E-state index in [-0.39, 0.29) is 24.3 Å². The van der Waals surface area contributed by atoms with Crippen molar-refractivity contribution >= 4 is 12.0 Å². The third-order valence-corrected chi connectivity index (χ3v) is 4.77. The third-order valence-electron chi connectivity index (χ3n) is 4.77. The molecule has 2 N–H and O–H groups in total. The van der Waals surface area contributed by atoms with Crippen LogP contribution in [0.2, 0.25) is 0 Å². The predicted molar refractivity (Wildman–Crippen MR) is 115 cm³/mol. The average molecular weight is 408 g/mol. The minimum atomic E-state index is -0.459. The fourth-order valence-corrected chi connectivity index (χ4v) is 3.01. The first-order valence-electron chi connectivity index (χ1n) is 10.2. The maximum atomic E-state index is 12.1. The van der Waals surface area contributed by atoms with Gasteiger partial charge in [-0.3, -0.25) is 4.79 Å². The van der Waals surface area contributed by atoms with E-state index in [0.717, 1.165) is 11.1 Å². The molecule has 0 aliphatic carbocycles. The van der Waals surface area contributed by atoms with Crippen LogP contribution in [0.3, 0.4) is 0 Å². The molecule has 0 heterocycles. The summed E-state index contributed by atoms with van der Waals surface area (Å²) in [5.41, 5.74) is 1.97. The van der Waals surface area contributed by atoms with Crippen LogP contribution < -0.4 is 10.6 Å². The number of nitrogens with zero attached hydrogens (tertiary/aromatic N) is 1. The lowest BCUT2D eigenvalue weighted by molar-refractivity contribution is -0.121. The van der Waals surface area contributed by atoms with E-state index in [2.05, 4.69) is 16.7 Å². The van der Waals surface area contributed by atoms with Crippen LogP contribution in [0.25, 0.3) is 0 Å². The molecule has 2 rings (SSSR count). The Balaban J connectivity index is 1.57. The van der Waals surface area contributed by atoms with E-state index in [1.54, 1.807) is 0 Å². The van der Waals surface area contributed by atoms with Crippen LogP contribution in [0.5, 0.6) is 0 Å². The van der Waals surface area contributed by atoms with Crippen molar-refractivity contribution in [1.29, 1.82) is 5.26 Å². The summed E-state index contributed by atoms with van der Waals surface area (Å²) < 4.78 is 5.17. The van der Waals surface area contributed by atoms with Gasteiger partial charge in [-0.15, -0.1) is 0 Å². The molecular formula is C24H29N3O3. The molecule has 158 valence electrons. The van der Waals surface area contributed by atoms with Gasteiger partial charge in [-0.1, -0.05) is 67.6 Å². The number of amides is 2. The minimum absolute atomic E-state index is 0.0548. The van der Waals surface area contributed by atoms with E-state index in [1.807, 2.05) is 67.6 Å². The molecule has 0 radical (unpaired) electrons. The van der Waals surface area contributed by atoms with E-state index < -0.39 is 6.09 Å². The Morgan fingerprint density at radius 2 is 1.67 bits per heavy atom. The monoisotopic (exact) mass is 407 g/mol. The second kappa shape index (κ2) is 13.0. The molecule has 0 aliphatic rings. The molecule has 2 unspecified atom stereocenters. The van der Waals surface area contributed by atoms with Gasteiger partial charge in [-0.25, -0.2) is 4.79 Å². The number of nitrogens with one attached hydrogen (secondary N) is 2. The summed E-state index contributed by atoms with van der Waals surface area (Å²) in [5.74, 6) is -0.194. The highest BCUT2D eigenvalue weighted by molar-refractivity contribution is 5.76. The molecular weight excluding hydrogens is 378 g/mol. The van der Waals surface area contributed by atoms with E-state index >= 15 is 0 Å². The van der Waals surface area contributed by atoms with Crippen molar-refractivity contribution in [2.24, 2.45) is 5.92 Å². The second-order valence-electron chi connectivity index (χ2n) is 7.30. The number of carbonyl (C=O) groups excluding carboxylic acids is 2. The normalized spacial score (nSPS) is 12.3. The smallest absolute Gasteiger partial charge is 0.407 e. The Kier molecular flexibility index (Phi) is 9.94. The lowest BCUT2D eigenvalue weighted by Gasteiger charge is -2.13. The molecule has 0 bridgehead atoms. The quantitative estimate of drug-likeness (QED) is 0.586. The molecule has 0 saturated heterocycles. The van der Waals surface area contributed by atoms with Crippen molar-refractivity contribution in [2.75, 3.05) is 13.2 Å². The Morgan fingerprint density at radius 3 is 2.33 bits per heavy atom. The van der Waals surface area contributed by atoms with Gasteiger partial charge >= 0.3 is 6.09 Å². The van der Waals surface area contributed by atoms with Crippen LogP contribution in [-0.2, 0) is 16.1 Å². The average Bonchev–Trinajstić information content (AvgIpc) is 2.76. The first-order chi connectivity index (χ1) is 14.6. The SMILES string of the molecule is CC(CCOC(=O)NCc1ccccc1)CC(=O)NCCC(C#N)c1ccccc1. The van der Waals surface area contributed by atoms with Gasteiger partial charge in [-0.05, 0) is 29.9 Å². The summed E-state index contributed by atoms with van der Waals surface area (Å²) in [7, 11) is 0. The van der Waals surface area contributed by atoms with Crippen molar-refractivity contribution in [1.82, 2.24) is 10.6 Å². The highest BCUT2D eigenvalue weighted by Gasteiger charge is 2.13. The van der Waals surface area contributed by atoms with Gasteiger partial charge in [0.2, 0.25) is 5.91 Å². The van der Waals surface area contributed by atoms with Crippen LogP contribution >= 0.6 is 0 Å². The summed E-state index contributed by atoms with van der Waals surface area (Å²) in [4.78, 5) is 23.8. The summed E-state index contributed by atoms with van der Waals surface area (Å²) in [6.45, 7) is 3.09. The van der Waals surface area contributed by atoms with Crippen molar-refractivity contribution in [3.63, 3.8) is 0 Å². The number of ether oxygens (including phenoxy) is 1. The zero-order chi connectivity index (χ0) is 21.6. The number of rotatable bonds is 11. The lowest BCUT2D eigenvalue weighted by Crippen LogP contribution is -2.28. The topological polar surface area (TPSA) is 91.2 Å². The highest BCUT2D eigenvalue weighted by Crippen LogP contribution is 2.17. The second-order valence-corrected chi connectivity index (χ2v) is 7.30. The fourth-order valence-electron chi connectivity index (χ4n) is 3.01. The van der Waals surface area contributed by atoms with E-state index in [4.69, 9.17) is 4.74 Å². The standard InChI is InChI=1S/C24H29N3O3/c1-19(13-15-30-24(29)27-18-20-8-4-2-5-9-20)16-23(28)26-14-12-22(17-25)21-10-6-3-7-11-21/h2-11,19,22H,12-16,18H2,1H3,(H,26,28)(H,27,29). The van der Waals surface area contributed by atoms with Gasteiger partial charge in [0.25, 0.3) is 0 Å². The lowest BCUT2D eigenvalue weighted by atomic mass is 9.97. The number of nitriles is 1. The molecule has 2 aromatic carbocycles. The molecule has 0 fully saturated rings. The van der Waals surface area contributed by atoms with Gasteiger partial charge < -0.3 is 15.4 Å². The number of hydrogen-bond donors (Lipinski definition) is 2. The van der Waals surface area contributed by atoms with Gasteiger partial charge in [-0.2, -0.15) is 5.26 Å². The van der Waals surface area contributed by atoms with Crippen molar-refractivity contribution in [3.05, 3.63) is 71.8 Å². The van der Waals surface area contributed by atoms with Crippen LogP contribution in [0.15, 0.2) is 60.7 Å². The first-order valence-corrected chi connectivity index (χ1v) is 10.2. The molecule has 30 heavy (non-hydrogen) atoms. The van der Waals surface area contributed by atoms with Crippen LogP contribution in [-0.4, -0.2) is 25.2 Å². The Hall–Kier alpha value is -3.33. The van der Waals surface area contributed by atoms with Gasteiger partial charge in [0.15, 0.2) is 0 Å². The maximum Gasteiger partial charge on any atom is 0.407 e. The molecule has 0 spiro atoms.